The largest absolute Gasteiger partial charge is 0.382 e. The van der Waals surface area contributed by atoms with E-state index in [9.17, 15) is 9.65 Å². The number of nitriles is 1. The van der Waals surface area contributed by atoms with E-state index >= 15 is 0 Å². The van der Waals surface area contributed by atoms with Crippen molar-refractivity contribution in [3.8, 4) is 17.3 Å². The highest BCUT2D eigenvalue weighted by atomic mass is 35.5. The van der Waals surface area contributed by atoms with E-state index < -0.39 is 0 Å². The van der Waals surface area contributed by atoms with E-state index in [2.05, 4.69) is 25.4 Å². The normalized spacial score (nSPS) is 11.9. The number of aromatic nitrogens is 5. The number of nitrogens with two attached hydrogens (primary N) is 1. The Balaban J connectivity index is 1.85. The van der Waals surface area contributed by atoms with E-state index in [4.69, 9.17) is 17.3 Å². The number of nitrogen functional groups attached to an aromatic ring is 1. The molecule has 3 heterocycles. The molecule has 0 spiro atoms. The van der Waals surface area contributed by atoms with Crippen molar-refractivity contribution in [2.24, 2.45) is 0 Å². The predicted octanol–water partition coefficient (Wildman–Crippen LogP) is 3.61. The van der Waals surface area contributed by atoms with E-state index in [1.165, 1.54) is 29.2 Å². The minimum Gasteiger partial charge on any atom is -0.382 e. The van der Waals surface area contributed by atoms with Crippen LogP contribution in [0, 0.1) is 17.1 Å². The molecule has 0 amide bonds. The van der Waals surface area contributed by atoms with E-state index in [-0.39, 0.29) is 23.2 Å². The summed E-state index contributed by atoms with van der Waals surface area (Å²) in [6.07, 6.45) is 2.76. The molecule has 0 aliphatic heterocycles. The van der Waals surface area contributed by atoms with Gasteiger partial charge in [0.15, 0.2) is 10.8 Å². The molecule has 29 heavy (non-hydrogen) atoms. The number of halogens is 2. The number of benzene rings is 1. The number of fused-ring (bicyclic) bond motifs is 1. The predicted molar refractivity (Wildman–Crippen MR) is 107 cm³/mol. The lowest BCUT2D eigenvalue weighted by atomic mass is 10.0. The van der Waals surface area contributed by atoms with Crippen molar-refractivity contribution in [3.05, 3.63) is 65.0 Å². The Kier molecular flexibility index (Phi) is 4.70. The molecule has 4 rings (SSSR count). The van der Waals surface area contributed by atoms with Crippen molar-refractivity contribution >= 4 is 28.9 Å². The maximum Gasteiger partial charge on any atom is 0.155 e. The van der Waals surface area contributed by atoms with Crippen LogP contribution in [-0.4, -0.2) is 24.6 Å². The van der Waals surface area contributed by atoms with Crippen LogP contribution < -0.4 is 11.1 Å². The summed E-state index contributed by atoms with van der Waals surface area (Å²) in [4.78, 5) is 12.2. The Morgan fingerprint density at radius 2 is 2.10 bits per heavy atom. The van der Waals surface area contributed by atoms with Crippen LogP contribution in [0.4, 0.5) is 16.0 Å². The SMILES string of the molecule is C[C@@H](Nc1ncnc(N)c1C#N)c1cc2ncc(Cl)n2nc1-c1cccc(F)c1. The minimum absolute atomic E-state index is 0.0798. The van der Waals surface area contributed by atoms with E-state index in [1.54, 1.807) is 18.2 Å². The first-order valence-electron chi connectivity index (χ1n) is 8.55. The van der Waals surface area contributed by atoms with Crippen LogP contribution in [0.3, 0.4) is 0 Å². The lowest BCUT2D eigenvalue weighted by Gasteiger charge is -2.19. The molecule has 0 saturated carbocycles. The molecule has 0 aliphatic rings. The minimum atomic E-state index is -0.386. The lowest BCUT2D eigenvalue weighted by molar-refractivity contribution is 0.628. The van der Waals surface area contributed by atoms with Crippen LogP contribution in [0.1, 0.15) is 24.1 Å². The van der Waals surface area contributed by atoms with Crippen LogP contribution in [-0.2, 0) is 0 Å². The standard InChI is InChI=1S/C19H14ClFN8/c1-10(27-19-14(7-22)18(23)25-9-26-19)13-6-16-24-8-15(20)29(16)28-17(13)11-3-2-4-12(21)5-11/h2-6,8-10H,1H3,(H3,23,25,26,27)/t10-/m1/s1. The molecule has 0 fully saturated rings. The van der Waals surface area contributed by atoms with Gasteiger partial charge in [-0.25, -0.2) is 23.9 Å². The van der Waals surface area contributed by atoms with Gasteiger partial charge in [0.2, 0.25) is 0 Å². The van der Waals surface area contributed by atoms with Gasteiger partial charge >= 0.3 is 0 Å². The van der Waals surface area contributed by atoms with Crippen LogP contribution in [0.2, 0.25) is 5.15 Å². The molecule has 1 aromatic carbocycles. The van der Waals surface area contributed by atoms with Gasteiger partial charge in [0, 0.05) is 11.1 Å². The van der Waals surface area contributed by atoms with Crippen LogP contribution in [0.5, 0.6) is 0 Å². The molecule has 4 aromatic rings. The van der Waals surface area contributed by atoms with Gasteiger partial charge in [-0.1, -0.05) is 23.7 Å². The Morgan fingerprint density at radius 3 is 2.86 bits per heavy atom. The third-order valence-corrected chi connectivity index (χ3v) is 4.64. The molecular formula is C19H14ClFN8. The van der Waals surface area contributed by atoms with E-state index in [0.29, 0.717) is 33.4 Å². The molecule has 3 aromatic heterocycles. The number of nitrogens with one attached hydrogen (secondary N) is 1. The first-order valence-corrected chi connectivity index (χ1v) is 8.93. The first kappa shape index (κ1) is 18.6. The smallest absolute Gasteiger partial charge is 0.155 e. The molecule has 3 N–H and O–H groups in total. The second-order valence-corrected chi connectivity index (χ2v) is 6.66. The van der Waals surface area contributed by atoms with Gasteiger partial charge in [-0.2, -0.15) is 10.4 Å². The number of anilines is 2. The van der Waals surface area contributed by atoms with Crippen molar-refractivity contribution in [2.75, 3.05) is 11.1 Å². The lowest BCUT2D eigenvalue weighted by Crippen LogP contribution is -2.14. The molecule has 0 bridgehead atoms. The molecule has 144 valence electrons. The van der Waals surface area contributed by atoms with Gasteiger partial charge in [-0.3, -0.25) is 0 Å². The zero-order valence-corrected chi connectivity index (χ0v) is 15.9. The van der Waals surface area contributed by atoms with E-state index in [0.717, 1.165) is 0 Å². The number of imidazole rings is 1. The van der Waals surface area contributed by atoms with Gasteiger partial charge < -0.3 is 11.1 Å². The van der Waals surface area contributed by atoms with E-state index in [1.807, 2.05) is 13.0 Å². The highest BCUT2D eigenvalue weighted by molar-refractivity contribution is 6.29. The van der Waals surface area contributed by atoms with Gasteiger partial charge in [-0.15, -0.1) is 0 Å². The topological polar surface area (TPSA) is 118 Å². The monoisotopic (exact) mass is 408 g/mol. The first-order chi connectivity index (χ1) is 14.0. The Morgan fingerprint density at radius 1 is 1.28 bits per heavy atom. The Bertz CT molecular complexity index is 1260. The Hall–Kier alpha value is -3.77. The maximum absolute atomic E-state index is 13.9. The average Bonchev–Trinajstić information content (AvgIpc) is 3.07. The van der Waals surface area contributed by atoms with Gasteiger partial charge in [0.05, 0.1) is 17.9 Å². The number of hydrogen-bond donors (Lipinski definition) is 2. The molecule has 8 nitrogen and oxygen atoms in total. The summed E-state index contributed by atoms with van der Waals surface area (Å²) in [5.74, 6) is -0.0156. The summed E-state index contributed by atoms with van der Waals surface area (Å²) < 4.78 is 15.3. The van der Waals surface area contributed by atoms with Crippen LogP contribution >= 0.6 is 11.6 Å². The summed E-state index contributed by atoms with van der Waals surface area (Å²) in [5, 5.41) is 17.4. The molecule has 0 aliphatic carbocycles. The molecule has 10 heteroatoms. The second-order valence-electron chi connectivity index (χ2n) is 6.27. The molecule has 1 atom stereocenters. The van der Waals surface area contributed by atoms with Crippen LogP contribution in [0.25, 0.3) is 16.9 Å². The third kappa shape index (κ3) is 3.41. The number of rotatable bonds is 4. The zero-order valence-electron chi connectivity index (χ0n) is 15.1. The van der Waals surface area contributed by atoms with Crippen LogP contribution in [0.15, 0.2) is 42.9 Å². The highest BCUT2D eigenvalue weighted by Crippen LogP contribution is 2.31. The molecular weight excluding hydrogens is 395 g/mol. The van der Waals surface area contributed by atoms with Gasteiger partial charge in [0.1, 0.15) is 35.4 Å². The van der Waals surface area contributed by atoms with Gasteiger partial charge in [0.25, 0.3) is 0 Å². The number of hydrogen-bond acceptors (Lipinski definition) is 7. The summed E-state index contributed by atoms with van der Waals surface area (Å²) in [7, 11) is 0. The van der Waals surface area contributed by atoms with Crippen molar-refractivity contribution in [2.45, 2.75) is 13.0 Å². The Labute approximate surface area is 169 Å². The number of nitrogens with zero attached hydrogens (tertiary/aromatic N) is 6. The summed E-state index contributed by atoms with van der Waals surface area (Å²) in [6, 6.07) is 9.52. The molecule has 0 saturated heterocycles. The zero-order chi connectivity index (χ0) is 20.5. The second kappa shape index (κ2) is 7.33. The quantitative estimate of drug-likeness (QED) is 0.529. The van der Waals surface area contributed by atoms with Crippen molar-refractivity contribution in [1.29, 1.82) is 5.26 Å². The summed E-state index contributed by atoms with van der Waals surface area (Å²) in [5.41, 5.74) is 8.24. The van der Waals surface area contributed by atoms with Gasteiger partial charge in [-0.05, 0) is 25.1 Å². The summed E-state index contributed by atoms with van der Waals surface area (Å²) in [6.45, 7) is 1.86. The fourth-order valence-electron chi connectivity index (χ4n) is 2.99. The average molecular weight is 409 g/mol. The highest BCUT2D eigenvalue weighted by Gasteiger charge is 2.19. The maximum atomic E-state index is 13.9. The van der Waals surface area contributed by atoms with Crippen molar-refractivity contribution in [1.82, 2.24) is 24.6 Å². The third-order valence-electron chi connectivity index (χ3n) is 4.39. The molecule has 0 radical (unpaired) electrons. The fourth-order valence-corrected chi connectivity index (χ4v) is 3.17. The van der Waals surface area contributed by atoms with Crippen molar-refractivity contribution < 1.29 is 4.39 Å². The molecule has 0 unspecified atom stereocenters. The fraction of sp³-hybridized carbons (Fsp3) is 0.105. The van der Waals surface area contributed by atoms with Crippen molar-refractivity contribution in [3.63, 3.8) is 0 Å². The summed E-state index contributed by atoms with van der Waals surface area (Å²) >= 11 is 6.16.